The Kier molecular flexibility index (Phi) is 6.23. The maximum Gasteiger partial charge on any atom is 0.352 e. The summed E-state index contributed by atoms with van der Waals surface area (Å²) in [6.07, 6.45) is 0. The molecule has 11 nitrogen and oxygen atoms in total. The molecule has 1 atom stereocenters. The van der Waals surface area contributed by atoms with Crippen LogP contribution in [-0.2, 0) is 9.59 Å². The topological polar surface area (TPSA) is 162 Å². The molecule has 0 saturated carbocycles. The van der Waals surface area contributed by atoms with Gasteiger partial charge in [0.05, 0.1) is 5.69 Å². The monoisotopic (exact) mass is 407 g/mol. The molecule has 152 valence electrons. The summed E-state index contributed by atoms with van der Waals surface area (Å²) in [5.74, 6) is -1.10. The second kappa shape index (κ2) is 9.19. The lowest BCUT2D eigenvalue weighted by Crippen LogP contribution is -2.31. The predicted octanol–water partition coefficient (Wildman–Crippen LogP) is 1.88. The molecule has 1 unspecified atom stereocenters. The van der Waals surface area contributed by atoms with Gasteiger partial charge < -0.3 is 10.6 Å². The van der Waals surface area contributed by atoms with E-state index in [0.29, 0.717) is 17.1 Å². The van der Waals surface area contributed by atoms with Crippen molar-refractivity contribution >= 4 is 34.7 Å². The summed E-state index contributed by atoms with van der Waals surface area (Å²) < 4.78 is 0. The number of rotatable bonds is 7. The third-order valence-electron chi connectivity index (χ3n) is 3.76. The van der Waals surface area contributed by atoms with Crippen LogP contribution in [0.25, 0.3) is 0 Å². The van der Waals surface area contributed by atoms with Crippen molar-refractivity contribution in [1.82, 2.24) is 15.0 Å². The fourth-order valence-electron chi connectivity index (χ4n) is 2.37. The zero-order valence-corrected chi connectivity index (χ0v) is 15.7. The van der Waals surface area contributed by atoms with Gasteiger partial charge in [-0.15, -0.1) is 0 Å². The standard InChI is InChI=1S/C19H17N7O4/c1-11(27)15(26-25-14-5-3-2-4-6-14)16(28)20-12-7-9-13(10-8-12)21-17-22-18(29)24-19(30)23-17/h2-10,15H,1H3,(H,20,28)(H3,21,22,23,24,29,30). The first-order valence-corrected chi connectivity index (χ1v) is 8.75. The number of azo groups is 1. The van der Waals surface area contributed by atoms with Crippen molar-refractivity contribution < 1.29 is 9.59 Å². The summed E-state index contributed by atoms with van der Waals surface area (Å²) in [7, 11) is 0. The largest absolute Gasteiger partial charge is 0.352 e. The van der Waals surface area contributed by atoms with Crippen molar-refractivity contribution in [1.29, 1.82) is 0 Å². The number of Topliss-reactive ketones (excluding diaryl/α,β-unsaturated/α-hetero) is 1. The number of amides is 1. The average Bonchev–Trinajstić information content (AvgIpc) is 2.69. The predicted molar refractivity (Wildman–Crippen MR) is 109 cm³/mol. The van der Waals surface area contributed by atoms with E-state index in [1.165, 1.54) is 6.92 Å². The van der Waals surface area contributed by atoms with Crippen LogP contribution in [0, 0.1) is 0 Å². The Balaban J connectivity index is 1.67. The van der Waals surface area contributed by atoms with Gasteiger partial charge in [0.2, 0.25) is 12.0 Å². The highest BCUT2D eigenvalue weighted by Gasteiger charge is 2.23. The Morgan fingerprint density at radius 2 is 1.63 bits per heavy atom. The van der Waals surface area contributed by atoms with Crippen molar-refractivity contribution in [3.63, 3.8) is 0 Å². The number of nitrogens with zero attached hydrogens (tertiary/aromatic N) is 3. The number of benzene rings is 2. The second-order valence-corrected chi connectivity index (χ2v) is 6.10. The van der Waals surface area contributed by atoms with Gasteiger partial charge in [0, 0.05) is 11.4 Å². The van der Waals surface area contributed by atoms with E-state index in [1.807, 2.05) is 11.1 Å². The van der Waals surface area contributed by atoms with E-state index in [2.05, 4.69) is 30.8 Å². The van der Waals surface area contributed by atoms with E-state index in [9.17, 15) is 19.2 Å². The summed E-state index contributed by atoms with van der Waals surface area (Å²) in [6.45, 7) is 1.26. The molecular formula is C19H17N7O4. The number of carbonyl (C=O) groups is 2. The van der Waals surface area contributed by atoms with Gasteiger partial charge in [-0.25, -0.2) is 9.59 Å². The highest BCUT2D eigenvalue weighted by molar-refractivity contribution is 6.10. The van der Waals surface area contributed by atoms with E-state index in [1.54, 1.807) is 48.5 Å². The van der Waals surface area contributed by atoms with Crippen molar-refractivity contribution in [2.45, 2.75) is 13.0 Å². The molecular weight excluding hydrogens is 390 g/mol. The molecule has 0 saturated heterocycles. The molecule has 11 heteroatoms. The van der Waals surface area contributed by atoms with Crippen LogP contribution in [0.5, 0.6) is 0 Å². The number of ketones is 1. The van der Waals surface area contributed by atoms with E-state index in [-0.39, 0.29) is 5.95 Å². The van der Waals surface area contributed by atoms with Crippen LogP contribution in [0.3, 0.4) is 0 Å². The molecule has 1 amide bonds. The maximum atomic E-state index is 12.4. The summed E-state index contributed by atoms with van der Waals surface area (Å²) in [5, 5.41) is 13.1. The molecule has 3 rings (SSSR count). The van der Waals surface area contributed by atoms with E-state index < -0.39 is 29.1 Å². The Morgan fingerprint density at radius 3 is 2.27 bits per heavy atom. The molecule has 4 N–H and O–H groups in total. The Bertz CT molecular complexity index is 1160. The van der Waals surface area contributed by atoms with Crippen LogP contribution >= 0.6 is 0 Å². The van der Waals surface area contributed by atoms with Crippen LogP contribution in [0.15, 0.2) is 74.4 Å². The van der Waals surface area contributed by atoms with Crippen LogP contribution < -0.4 is 22.0 Å². The minimum absolute atomic E-state index is 0.0292. The lowest BCUT2D eigenvalue weighted by Gasteiger charge is -2.10. The third kappa shape index (κ3) is 5.55. The van der Waals surface area contributed by atoms with Gasteiger partial charge in [-0.05, 0) is 43.3 Å². The number of anilines is 3. The molecule has 0 aliphatic carbocycles. The molecule has 30 heavy (non-hydrogen) atoms. The average molecular weight is 407 g/mol. The van der Waals surface area contributed by atoms with Gasteiger partial charge in [-0.1, -0.05) is 18.2 Å². The number of hydrogen-bond donors (Lipinski definition) is 4. The van der Waals surface area contributed by atoms with Crippen molar-refractivity contribution in [2.75, 3.05) is 10.6 Å². The fraction of sp³-hybridized carbons (Fsp3) is 0.105. The summed E-state index contributed by atoms with van der Waals surface area (Å²) in [6, 6.07) is 13.8. The molecule has 0 fully saturated rings. The molecule has 1 aromatic heterocycles. The van der Waals surface area contributed by atoms with Crippen molar-refractivity contribution in [2.24, 2.45) is 10.2 Å². The lowest BCUT2D eigenvalue weighted by atomic mass is 10.2. The van der Waals surface area contributed by atoms with Crippen LogP contribution in [-0.4, -0.2) is 32.7 Å². The van der Waals surface area contributed by atoms with Gasteiger partial charge >= 0.3 is 11.4 Å². The molecule has 0 radical (unpaired) electrons. The summed E-state index contributed by atoms with van der Waals surface area (Å²) in [5.41, 5.74) is -0.0301. The fourth-order valence-corrected chi connectivity index (χ4v) is 2.37. The van der Waals surface area contributed by atoms with Gasteiger partial charge in [0.25, 0.3) is 5.91 Å². The quantitative estimate of drug-likeness (QED) is 0.345. The first kappa shape index (κ1) is 20.3. The normalized spacial score (nSPS) is 11.8. The second-order valence-electron chi connectivity index (χ2n) is 6.10. The van der Waals surface area contributed by atoms with Gasteiger partial charge in [-0.2, -0.15) is 15.2 Å². The van der Waals surface area contributed by atoms with Crippen LogP contribution in [0.1, 0.15) is 6.92 Å². The van der Waals surface area contributed by atoms with Gasteiger partial charge in [0.15, 0.2) is 5.78 Å². The van der Waals surface area contributed by atoms with Crippen molar-refractivity contribution in [3.05, 3.63) is 75.6 Å². The maximum absolute atomic E-state index is 12.4. The number of hydrogen-bond acceptors (Lipinski definition) is 8. The van der Waals surface area contributed by atoms with Crippen LogP contribution in [0.4, 0.5) is 23.0 Å². The molecule has 1 heterocycles. The zero-order valence-electron chi connectivity index (χ0n) is 15.7. The van der Waals surface area contributed by atoms with E-state index in [0.717, 1.165) is 0 Å². The number of nitrogens with one attached hydrogen (secondary N) is 4. The lowest BCUT2D eigenvalue weighted by molar-refractivity contribution is -0.126. The molecule has 0 aliphatic heterocycles. The molecule has 0 bridgehead atoms. The Morgan fingerprint density at radius 1 is 0.967 bits per heavy atom. The van der Waals surface area contributed by atoms with Crippen LogP contribution in [0.2, 0.25) is 0 Å². The van der Waals surface area contributed by atoms with E-state index in [4.69, 9.17) is 0 Å². The molecule has 0 aliphatic rings. The molecule has 0 spiro atoms. The first-order chi connectivity index (χ1) is 14.4. The van der Waals surface area contributed by atoms with Gasteiger partial charge in [0.1, 0.15) is 0 Å². The zero-order chi connectivity index (χ0) is 21.5. The number of H-pyrrole nitrogens is 2. The first-order valence-electron chi connectivity index (χ1n) is 8.75. The van der Waals surface area contributed by atoms with Gasteiger partial charge in [-0.3, -0.25) is 19.6 Å². The third-order valence-corrected chi connectivity index (χ3v) is 3.76. The minimum atomic E-state index is -1.28. The minimum Gasteiger partial charge on any atom is -0.326 e. The smallest absolute Gasteiger partial charge is 0.326 e. The number of aromatic amines is 2. The summed E-state index contributed by atoms with van der Waals surface area (Å²) in [4.78, 5) is 54.6. The number of aromatic nitrogens is 3. The highest BCUT2D eigenvalue weighted by Crippen LogP contribution is 2.17. The number of carbonyl (C=O) groups excluding carboxylic acids is 2. The molecule has 3 aromatic rings. The Hall–Kier alpha value is -4.41. The summed E-state index contributed by atoms with van der Waals surface area (Å²) >= 11 is 0. The molecule has 2 aromatic carbocycles. The van der Waals surface area contributed by atoms with E-state index >= 15 is 0 Å². The van der Waals surface area contributed by atoms with Crippen molar-refractivity contribution in [3.8, 4) is 0 Å². The Labute approximate surface area is 169 Å². The SMILES string of the molecule is CC(=O)C(N=Nc1ccccc1)C(=O)Nc1ccc(Nc2nc(=O)[nH]c(=O)[nH]2)cc1. The highest BCUT2D eigenvalue weighted by atomic mass is 16.2.